The zero-order valence-electron chi connectivity index (χ0n) is 10.8. The third kappa shape index (κ3) is 3.46. The zero-order chi connectivity index (χ0) is 13.8. The summed E-state index contributed by atoms with van der Waals surface area (Å²) in [5.74, 6) is -0.247. The number of hydrogen-bond donors (Lipinski definition) is 2. The molecule has 19 heavy (non-hydrogen) atoms. The summed E-state index contributed by atoms with van der Waals surface area (Å²) in [7, 11) is 0. The van der Waals surface area contributed by atoms with Gasteiger partial charge in [0.2, 0.25) is 5.91 Å². The monoisotopic (exact) mass is 372 g/mol. The van der Waals surface area contributed by atoms with Gasteiger partial charge in [-0.3, -0.25) is 9.59 Å². The average molecular weight is 372 g/mol. The number of carbonyl (C=O) groups is 2. The van der Waals surface area contributed by atoms with Crippen LogP contribution in [0, 0.1) is 10.5 Å². The molecule has 1 heterocycles. The van der Waals surface area contributed by atoms with Gasteiger partial charge in [0.25, 0.3) is 5.91 Å². The summed E-state index contributed by atoms with van der Waals surface area (Å²) < 4.78 is 0.937. The smallest absolute Gasteiger partial charge is 0.253 e. The van der Waals surface area contributed by atoms with Crippen LogP contribution in [-0.2, 0) is 4.79 Å². The molecule has 5 heteroatoms. The number of hydrogen-bond acceptors (Lipinski definition) is 2. The third-order valence-electron chi connectivity index (χ3n) is 3.28. The maximum Gasteiger partial charge on any atom is 0.253 e. The Hall–Kier alpha value is -1.11. The molecule has 0 aliphatic carbocycles. The quantitative estimate of drug-likeness (QED) is 0.781. The minimum atomic E-state index is -0.411. The molecule has 1 aliphatic rings. The molecule has 2 N–H and O–H groups in total. The summed E-state index contributed by atoms with van der Waals surface area (Å²) in [6.07, 6.45) is 2.63. The number of halogens is 1. The van der Waals surface area contributed by atoms with Crippen LogP contribution in [0.1, 0.15) is 35.2 Å². The Morgan fingerprint density at radius 2 is 2.21 bits per heavy atom. The van der Waals surface area contributed by atoms with Crippen LogP contribution in [-0.4, -0.2) is 24.4 Å². The first-order valence-corrected chi connectivity index (χ1v) is 7.51. The van der Waals surface area contributed by atoms with Gasteiger partial charge in [-0.15, -0.1) is 0 Å². The van der Waals surface area contributed by atoms with Gasteiger partial charge >= 0.3 is 0 Å². The minimum absolute atomic E-state index is 0.0755. The van der Waals surface area contributed by atoms with Crippen LogP contribution in [0.5, 0.6) is 0 Å². The van der Waals surface area contributed by atoms with E-state index in [1.165, 1.54) is 0 Å². The van der Waals surface area contributed by atoms with Crippen molar-refractivity contribution in [3.8, 4) is 0 Å². The Morgan fingerprint density at radius 1 is 1.42 bits per heavy atom. The van der Waals surface area contributed by atoms with Crippen molar-refractivity contribution in [2.24, 2.45) is 0 Å². The van der Waals surface area contributed by atoms with Crippen molar-refractivity contribution in [3.63, 3.8) is 0 Å². The van der Waals surface area contributed by atoms with E-state index in [2.05, 4.69) is 33.2 Å². The molecule has 1 aliphatic heterocycles. The van der Waals surface area contributed by atoms with Crippen molar-refractivity contribution in [1.82, 2.24) is 10.6 Å². The zero-order valence-corrected chi connectivity index (χ0v) is 13.0. The lowest BCUT2D eigenvalue weighted by Gasteiger charge is -2.16. The number of nitrogens with one attached hydrogen (secondary N) is 2. The number of amides is 2. The van der Waals surface area contributed by atoms with E-state index in [1.807, 2.05) is 19.1 Å². The van der Waals surface area contributed by atoms with Crippen molar-refractivity contribution in [3.05, 3.63) is 32.9 Å². The van der Waals surface area contributed by atoms with E-state index in [0.717, 1.165) is 22.0 Å². The summed E-state index contributed by atoms with van der Waals surface area (Å²) in [5.41, 5.74) is 1.70. The van der Waals surface area contributed by atoms with Gasteiger partial charge in [-0.2, -0.15) is 0 Å². The first-order valence-electron chi connectivity index (χ1n) is 6.43. The summed E-state index contributed by atoms with van der Waals surface area (Å²) in [5, 5.41) is 5.66. The van der Waals surface area contributed by atoms with Gasteiger partial charge in [-0.1, -0.05) is 12.1 Å². The van der Waals surface area contributed by atoms with Crippen LogP contribution in [0.2, 0.25) is 0 Å². The van der Waals surface area contributed by atoms with Crippen LogP contribution in [0.25, 0.3) is 0 Å². The van der Waals surface area contributed by atoms with E-state index in [9.17, 15) is 9.59 Å². The van der Waals surface area contributed by atoms with Gasteiger partial charge in [0, 0.05) is 10.1 Å². The molecule has 4 nitrogen and oxygen atoms in total. The molecule has 0 spiro atoms. The Balaban J connectivity index is 2.12. The second-order valence-electron chi connectivity index (χ2n) is 4.75. The lowest BCUT2D eigenvalue weighted by atomic mass is 10.1. The van der Waals surface area contributed by atoms with E-state index in [1.54, 1.807) is 6.07 Å². The second-order valence-corrected chi connectivity index (χ2v) is 5.83. The van der Waals surface area contributed by atoms with Gasteiger partial charge < -0.3 is 10.6 Å². The second kappa shape index (κ2) is 6.36. The number of benzene rings is 1. The maximum atomic E-state index is 12.2. The molecule has 1 fully saturated rings. The molecule has 1 aromatic rings. The van der Waals surface area contributed by atoms with Gasteiger partial charge in [-0.05, 0) is 60.4 Å². The Kier molecular flexibility index (Phi) is 4.79. The topological polar surface area (TPSA) is 58.2 Å². The molecular formula is C14H17IN2O2. The highest BCUT2D eigenvalue weighted by Gasteiger charge is 2.23. The molecule has 2 amide bonds. The number of carbonyl (C=O) groups excluding carboxylic acids is 2. The maximum absolute atomic E-state index is 12.2. The van der Waals surface area contributed by atoms with Crippen LogP contribution in [0.15, 0.2) is 18.2 Å². The molecule has 1 atom stereocenters. The predicted molar refractivity (Wildman–Crippen MR) is 82.0 cm³/mol. The fraction of sp³-hybridized carbons (Fsp3) is 0.429. The molecular weight excluding hydrogens is 355 g/mol. The highest BCUT2D eigenvalue weighted by Crippen LogP contribution is 2.17. The molecule has 0 unspecified atom stereocenters. The lowest BCUT2D eigenvalue weighted by Crippen LogP contribution is -2.45. The molecule has 1 aromatic carbocycles. The Morgan fingerprint density at radius 3 is 3.00 bits per heavy atom. The summed E-state index contributed by atoms with van der Waals surface area (Å²) >= 11 is 2.17. The largest absolute Gasteiger partial charge is 0.354 e. The molecule has 2 rings (SSSR count). The van der Waals surface area contributed by atoms with Crippen molar-refractivity contribution >= 4 is 34.4 Å². The summed E-state index contributed by atoms with van der Waals surface area (Å²) in [6.45, 7) is 2.67. The van der Waals surface area contributed by atoms with Gasteiger partial charge in [0.15, 0.2) is 0 Å². The van der Waals surface area contributed by atoms with Gasteiger partial charge in [0.05, 0.1) is 5.56 Å². The molecule has 102 valence electrons. The van der Waals surface area contributed by atoms with E-state index in [0.29, 0.717) is 18.5 Å². The molecule has 0 radical (unpaired) electrons. The van der Waals surface area contributed by atoms with E-state index >= 15 is 0 Å². The van der Waals surface area contributed by atoms with E-state index < -0.39 is 6.04 Å². The van der Waals surface area contributed by atoms with Gasteiger partial charge in [0.1, 0.15) is 6.04 Å². The van der Waals surface area contributed by atoms with Crippen LogP contribution in [0.3, 0.4) is 0 Å². The summed E-state index contributed by atoms with van der Waals surface area (Å²) in [4.78, 5) is 24.1. The SMILES string of the molecule is Cc1cccc(C(=O)N[C@@H]2CCCCNC2=O)c1I. The lowest BCUT2D eigenvalue weighted by molar-refractivity contribution is -0.122. The van der Waals surface area contributed by atoms with Crippen molar-refractivity contribution in [2.45, 2.75) is 32.2 Å². The molecule has 0 bridgehead atoms. The normalized spacial score (nSPS) is 19.5. The van der Waals surface area contributed by atoms with E-state index in [-0.39, 0.29) is 11.8 Å². The highest BCUT2D eigenvalue weighted by atomic mass is 127. The van der Waals surface area contributed by atoms with Crippen LogP contribution >= 0.6 is 22.6 Å². The predicted octanol–water partition coefficient (Wildman–Crippen LogP) is 2.00. The third-order valence-corrected chi connectivity index (χ3v) is 4.71. The Labute approximate surface area is 126 Å². The number of aryl methyl sites for hydroxylation is 1. The first-order chi connectivity index (χ1) is 9.09. The fourth-order valence-corrected chi connectivity index (χ4v) is 2.74. The Bertz CT molecular complexity index is 502. The fourth-order valence-electron chi connectivity index (χ4n) is 2.14. The standard InChI is InChI=1S/C14H17IN2O2/c1-9-5-4-6-10(12(9)15)13(18)17-11-7-2-3-8-16-14(11)19/h4-6,11H,2-3,7-8H2,1H3,(H,16,19)(H,17,18)/t11-/m1/s1. The molecule has 0 saturated carbocycles. The summed E-state index contributed by atoms with van der Waals surface area (Å²) in [6, 6.07) is 5.21. The van der Waals surface area contributed by atoms with Crippen LogP contribution < -0.4 is 10.6 Å². The van der Waals surface area contributed by atoms with Crippen molar-refractivity contribution in [1.29, 1.82) is 0 Å². The first kappa shape index (κ1) is 14.3. The van der Waals surface area contributed by atoms with Gasteiger partial charge in [-0.25, -0.2) is 0 Å². The molecule has 1 saturated heterocycles. The van der Waals surface area contributed by atoms with Crippen molar-refractivity contribution < 1.29 is 9.59 Å². The molecule has 0 aromatic heterocycles. The highest BCUT2D eigenvalue weighted by molar-refractivity contribution is 14.1. The average Bonchev–Trinajstić information content (AvgIpc) is 2.58. The van der Waals surface area contributed by atoms with E-state index in [4.69, 9.17) is 0 Å². The van der Waals surface area contributed by atoms with Crippen molar-refractivity contribution in [2.75, 3.05) is 6.54 Å². The number of rotatable bonds is 2. The minimum Gasteiger partial charge on any atom is -0.354 e. The van der Waals surface area contributed by atoms with Crippen LogP contribution in [0.4, 0.5) is 0 Å².